The van der Waals surface area contributed by atoms with Gasteiger partial charge in [0, 0.05) is 30.9 Å². The molecule has 3 atom stereocenters. The Morgan fingerprint density at radius 3 is 2.87 bits per heavy atom. The Hall–Kier alpha value is -2.07. The smallest absolute Gasteiger partial charge is 0.274 e. The summed E-state index contributed by atoms with van der Waals surface area (Å²) in [4.78, 5) is 23.0. The molecule has 158 valence electrons. The molecule has 5 rings (SSSR count). The topological polar surface area (TPSA) is 92.7 Å². The van der Waals surface area contributed by atoms with E-state index in [0.29, 0.717) is 18.0 Å². The lowest BCUT2D eigenvalue weighted by Crippen LogP contribution is -2.56. The van der Waals surface area contributed by atoms with Gasteiger partial charge in [-0.05, 0) is 31.0 Å². The average molecular weight is 449 g/mol. The van der Waals surface area contributed by atoms with Crippen molar-refractivity contribution in [1.29, 1.82) is 0 Å². The minimum Gasteiger partial charge on any atom is -0.365 e. The molecule has 1 aromatic heterocycles. The highest BCUT2D eigenvalue weighted by molar-refractivity contribution is 7.90. The van der Waals surface area contributed by atoms with Gasteiger partial charge >= 0.3 is 0 Å². The predicted octanol–water partition coefficient (Wildman–Crippen LogP) is 1.64. The highest BCUT2D eigenvalue weighted by Crippen LogP contribution is 2.47. The molecule has 1 aromatic carbocycles. The number of likely N-dealkylation sites (tertiary alicyclic amines) is 1. The summed E-state index contributed by atoms with van der Waals surface area (Å²) in [6, 6.07) is 7.17. The zero-order valence-corrected chi connectivity index (χ0v) is 17.9. The van der Waals surface area contributed by atoms with E-state index in [1.54, 1.807) is 36.2 Å². The maximum Gasteiger partial charge on any atom is 0.274 e. The van der Waals surface area contributed by atoms with Crippen molar-refractivity contribution < 1.29 is 17.9 Å². The minimum atomic E-state index is -3.56. The second-order valence-corrected chi connectivity index (χ2v) is 10.8. The number of sulfonamides is 1. The van der Waals surface area contributed by atoms with Crippen LogP contribution < -0.4 is 0 Å². The maximum absolute atomic E-state index is 13.3. The van der Waals surface area contributed by atoms with Gasteiger partial charge in [0.2, 0.25) is 10.0 Å². The summed E-state index contributed by atoms with van der Waals surface area (Å²) in [5.41, 5.74) is 0.878. The van der Waals surface area contributed by atoms with Gasteiger partial charge in [-0.25, -0.2) is 13.4 Å². The van der Waals surface area contributed by atoms with Crippen molar-refractivity contribution >= 4 is 27.5 Å². The first kappa shape index (κ1) is 19.9. The van der Waals surface area contributed by atoms with E-state index in [-0.39, 0.29) is 37.3 Å². The molecule has 2 bridgehead atoms. The third-order valence-corrected chi connectivity index (χ3v) is 8.60. The largest absolute Gasteiger partial charge is 0.365 e. The summed E-state index contributed by atoms with van der Waals surface area (Å²) in [7, 11) is -3.56. The van der Waals surface area contributed by atoms with Gasteiger partial charge in [0.05, 0.1) is 24.5 Å². The van der Waals surface area contributed by atoms with E-state index in [1.165, 1.54) is 10.5 Å². The van der Waals surface area contributed by atoms with E-state index in [1.807, 2.05) is 6.07 Å². The van der Waals surface area contributed by atoms with Crippen molar-refractivity contribution in [1.82, 2.24) is 19.2 Å². The monoisotopic (exact) mass is 448 g/mol. The first-order valence-corrected chi connectivity index (χ1v) is 11.6. The maximum atomic E-state index is 13.3. The minimum absolute atomic E-state index is 0.215. The van der Waals surface area contributed by atoms with Gasteiger partial charge in [0.25, 0.3) is 5.91 Å². The molecule has 0 saturated carbocycles. The number of aryl methyl sites for hydroxylation is 1. The molecule has 3 saturated heterocycles. The number of nitrogens with zero attached hydrogens (tertiary/aromatic N) is 4. The van der Waals surface area contributed by atoms with Crippen LogP contribution in [0.25, 0.3) is 0 Å². The highest BCUT2D eigenvalue weighted by atomic mass is 35.5. The number of morpholine rings is 1. The van der Waals surface area contributed by atoms with Crippen LogP contribution in [-0.2, 0) is 21.3 Å². The van der Waals surface area contributed by atoms with Gasteiger partial charge in [0.15, 0.2) is 0 Å². The lowest BCUT2D eigenvalue weighted by molar-refractivity contribution is -0.0981. The Bertz CT molecular complexity index is 1110. The fourth-order valence-electron chi connectivity index (χ4n) is 4.75. The number of hydrogen-bond acceptors (Lipinski definition) is 6. The molecule has 30 heavy (non-hydrogen) atoms. The van der Waals surface area contributed by atoms with Gasteiger partial charge in [-0.2, -0.15) is 4.31 Å². The van der Waals surface area contributed by atoms with Crippen LogP contribution in [-0.4, -0.2) is 70.1 Å². The molecule has 2 aromatic rings. The summed E-state index contributed by atoms with van der Waals surface area (Å²) in [6.07, 6.45) is 3.10. The van der Waals surface area contributed by atoms with Crippen LogP contribution in [0.2, 0.25) is 5.02 Å². The van der Waals surface area contributed by atoms with E-state index in [0.717, 1.165) is 11.3 Å². The summed E-state index contributed by atoms with van der Waals surface area (Å²) >= 11 is 6.05. The second kappa shape index (κ2) is 6.98. The lowest BCUT2D eigenvalue weighted by Gasteiger charge is -2.39. The molecule has 1 spiro atoms. The Balaban J connectivity index is 1.40. The first-order chi connectivity index (χ1) is 14.3. The summed E-state index contributed by atoms with van der Waals surface area (Å²) < 4.78 is 34.2. The van der Waals surface area contributed by atoms with E-state index in [2.05, 4.69) is 9.97 Å². The molecule has 4 heterocycles. The van der Waals surface area contributed by atoms with E-state index in [9.17, 15) is 13.2 Å². The summed E-state index contributed by atoms with van der Waals surface area (Å²) in [6.45, 7) is 2.82. The van der Waals surface area contributed by atoms with Crippen molar-refractivity contribution in [3.8, 4) is 0 Å². The van der Waals surface area contributed by atoms with Gasteiger partial charge in [-0.3, -0.25) is 9.78 Å². The number of rotatable bonds is 3. The third kappa shape index (κ3) is 3.20. The Morgan fingerprint density at radius 2 is 2.13 bits per heavy atom. The molecule has 3 aliphatic heterocycles. The number of hydrogen-bond donors (Lipinski definition) is 0. The van der Waals surface area contributed by atoms with Crippen LogP contribution in [0.5, 0.6) is 0 Å². The summed E-state index contributed by atoms with van der Waals surface area (Å²) in [5, 5.41) is -0.0940. The molecule has 0 aliphatic carbocycles. The van der Waals surface area contributed by atoms with Gasteiger partial charge in [0.1, 0.15) is 16.5 Å². The number of carbonyl (C=O) groups excluding carboxylic acids is 1. The van der Waals surface area contributed by atoms with E-state index in [4.69, 9.17) is 16.3 Å². The first-order valence-electron chi connectivity index (χ1n) is 9.76. The number of aromatic nitrogens is 2. The third-order valence-electron chi connectivity index (χ3n) is 6.05. The fraction of sp³-hybridized carbons (Fsp3) is 0.450. The van der Waals surface area contributed by atoms with Crippen LogP contribution in [0.3, 0.4) is 0 Å². The fourth-order valence-corrected chi connectivity index (χ4v) is 7.25. The predicted molar refractivity (Wildman–Crippen MR) is 109 cm³/mol. The van der Waals surface area contributed by atoms with Crippen molar-refractivity contribution in [3.05, 3.63) is 58.6 Å². The Kier molecular flexibility index (Phi) is 4.62. The van der Waals surface area contributed by atoms with Crippen molar-refractivity contribution in [2.24, 2.45) is 0 Å². The molecule has 0 radical (unpaired) electrons. The molecule has 1 amide bonds. The van der Waals surface area contributed by atoms with Crippen LogP contribution in [0, 0.1) is 6.92 Å². The standard InChI is InChI=1S/C20H21ClN4O4S/c1-13-7-23-17(8-22-13)19(26)24-10-16-6-18-20(11-24,29-16)12-25(30(18,27)28)9-14-3-2-4-15(21)5-14/h2-5,7-8,16,18H,6,9-12H2,1H3/t16-,18+,20+/m0/s1. The molecule has 0 unspecified atom stereocenters. The Labute approximate surface area is 179 Å². The number of carbonyl (C=O) groups is 1. The van der Waals surface area contributed by atoms with Gasteiger partial charge < -0.3 is 9.64 Å². The quantitative estimate of drug-likeness (QED) is 0.708. The van der Waals surface area contributed by atoms with Gasteiger partial charge in [-0.15, -0.1) is 0 Å². The molecule has 8 nitrogen and oxygen atoms in total. The molecule has 0 N–H and O–H groups in total. The lowest BCUT2D eigenvalue weighted by atomic mass is 9.99. The second-order valence-electron chi connectivity index (χ2n) is 8.20. The van der Waals surface area contributed by atoms with Crippen LogP contribution in [0.15, 0.2) is 36.7 Å². The van der Waals surface area contributed by atoms with Crippen molar-refractivity contribution in [3.63, 3.8) is 0 Å². The molecule has 3 fully saturated rings. The normalized spacial score (nSPS) is 29.7. The van der Waals surface area contributed by atoms with Crippen LogP contribution in [0.4, 0.5) is 0 Å². The number of benzene rings is 1. The van der Waals surface area contributed by atoms with Gasteiger partial charge in [-0.1, -0.05) is 23.7 Å². The van der Waals surface area contributed by atoms with Crippen LogP contribution in [0.1, 0.15) is 28.2 Å². The number of fused-ring (bicyclic) bond motifs is 1. The average Bonchev–Trinajstić information content (AvgIpc) is 3.07. The van der Waals surface area contributed by atoms with Crippen molar-refractivity contribution in [2.75, 3.05) is 19.6 Å². The van der Waals surface area contributed by atoms with E-state index >= 15 is 0 Å². The highest BCUT2D eigenvalue weighted by Gasteiger charge is 2.65. The number of amides is 1. The number of halogens is 1. The molecule has 10 heteroatoms. The molecular formula is C20H21ClN4O4S. The molecule has 3 aliphatic rings. The summed E-state index contributed by atoms with van der Waals surface area (Å²) in [5.74, 6) is -0.249. The van der Waals surface area contributed by atoms with E-state index < -0.39 is 20.9 Å². The zero-order valence-electron chi connectivity index (χ0n) is 16.4. The van der Waals surface area contributed by atoms with Crippen LogP contribution >= 0.6 is 11.6 Å². The zero-order chi connectivity index (χ0) is 21.1. The van der Waals surface area contributed by atoms with Crippen molar-refractivity contribution in [2.45, 2.75) is 36.8 Å². The molecular weight excluding hydrogens is 428 g/mol. The number of ether oxygens (including phenoxy) is 1. The SMILES string of the molecule is Cc1cnc(C(=O)N2C[C@@H]3C[C@@H]4[C@@](C2)(CN(Cc2cccc(Cl)c2)S4(=O)=O)O3)cn1. The Morgan fingerprint density at radius 1 is 1.30 bits per heavy atom.